The molecule has 0 saturated heterocycles. The average molecular weight is 324 g/mol. The van der Waals surface area contributed by atoms with E-state index in [1.165, 1.54) is 21.2 Å². The van der Waals surface area contributed by atoms with Crippen LogP contribution in [0.1, 0.15) is 16.7 Å². The quantitative estimate of drug-likeness (QED) is 0.888. The molecule has 0 bridgehead atoms. The molecular formula is C15H20N2O2S2. The zero-order valence-electron chi connectivity index (χ0n) is 12.5. The number of rotatable bonds is 6. The van der Waals surface area contributed by atoms with Gasteiger partial charge in [-0.05, 0) is 36.5 Å². The first-order chi connectivity index (χ1) is 9.93. The molecule has 1 aromatic carbocycles. The fourth-order valence-electron chi connectivity index (χ4n) is 1.97. The van der Waals surface area contributed by atoms with Gasteiger partial charge in [-0.3, -0.25) is 0 Å². The van der Waals surface area contributed by atoms with Crippen molar-refractivity contribution in [1.82, 2.24) is 9.62 Å². The van der Waals surface area contributed by atoms with E-state index in [-0.39, 0.29) is 0 Å². The lowest BCUT2D eigenvalue weighted by Crippen LogP contribution is -2.25. The largest absolute Gasteiger partial charge is 0.316 e. The van der Waals surface area contributed by atoms with Gasteiger partial charge < -0.3 is 5.32 Å². The van der Waals surface area contributed by atoms with Crippen LogP contribution in [0.2, 0.25) is 0 Å². The third kappa shape index (κ3) is 3.91. The maximum atomic E-state index is 12.5. The molecule has 1 heterocycles. The molecule has 0 radical (unpaired) electrons. The number of hydrogen-bond acceptors (Lipinski definition) is 4. The van der Waals surface area contributed by atoms with Crippen molar-refractivity contribution in [3.05, 3.63) is 52.4 Å². The molecule has 0 spiro atoms. The van der Waals surface area contributed by atoms with Gasteiger partial charge in [0.2, 0.25) is 0 Å². The average Bonchev–Trinajstić information content (AvgIpc) is 2.91. The van der Waals surface area contributed by atoms with E-state index in [0.717, 1.165) is 11.1 Å². The summed E-state index contributed by atoms with van der Waals surface area (Å²) in [7, 11) is 0.0396. The van der Waals surface area contributed by atoms with Gasteiger partial charge in [0.25, 0.3) is 10.0 Å². The van der Waals surface area contributed by atoms with Crippen molar-refractivity contribution in [2.24, 2.45) is 0 Å². The van der Waals surface area contributed by atoms with Crippen LogP contribution in [0.25, 0.3) is 0 Å². The van der Waals surface area contributed by atoms with Crippen LogP contribution in [-0.2, 0) is 23.1 Å². The lowest BCUT2D eigenvalue weighted by molar-refractivity contribution is 0.468. The summed E-state index contributed by atoms with van der Waals surface area (Å²) in [5, 5.41) is 4.90. The van der Waals surface area contributed by atoms with Crippen LogP contribution in [0.5, 0.6) is 0 Å². The fourth-order valence-corrected chi connectivity index (χ4v) is 4.55. The molecule has 0 aliphatic rings. The number of sulfonamides is 1. The topological polar surface area (TPSA) is 49.4 Å². The zero-order valence-corrected chi connectivity index (χ0v) is 14.1. The highest BCUT2D eigenvalue weighted by atomic mass is 32.2. The van der Waals surface area contributed by atoms with Gasteiger partial charge in [0.15, 0.2) is 0 Å². The number of thiophene rings is 1. The summed E-state index contributed by atoms with van der Waals surface area (Å²) in [4.78, 5) is 0. The Morgan fingerprint density at radius 2 is 1.86 bits per heavy atom. The van der Waals surface area contributed by atoms with E-state index in [1.807, 2.05) is 43.6 Å². The number of nitrogens with zero attached hydrogens (tertiary/aromatic N) is 1. The lowest BCUT2D eigenvalue weighted by Gasteiger charge is -2.16. The van der Waals surface area contributed by atoms with Crippen molar-refractivity contribution in [2.75, 3.05) is 14.1 Å². The molecule has 4 nitrogen and oxygen atoms in total. The first-order valence-electron chi connectivity index (χ1n) is 6.67. The highest BCUT2D eigenvalue weighted by Crippen LogP contribution is 2.24. The fraction of sp³-hybridized carbons (Fsp3) is 0.333. The number of hydrogen-bond donors (Lipinski definition) is 1. The molecule has 0 aliphatic heterocycles. The van der Waals surface area contributed by atoms with Crippen molar-refractivity contribution in [2.45, 2.75) is 24.2 Å². The van der Waals surface area contributed by atoms with Gasteiger partial charge in [0, 0.05) is 20.1 Å². The smallest absolute Gasteiger partial charge is 0.252 e. The Bertz CT molecular complexity index is 691. The van der Waals surface area contributed by atoms with E-state index >= 15 is 0 Å². The predicted molar refractivity (Wildman–Crippen MR) is 86.9 cm³/mol. The minimum atomic E-state index is -3.42. The second kappa shape index (κ2) is 6.70. The van der Waals surface area contributed by atoms with E-state index in [0.29, 0.717) is 17.3 Å². The standard InChI is InChI=1S/C15H20N2O2S2/c1-12-4-6-13(7-5-12)10-17(3)21(18,19)15-8-14(9-16-2)11-20-15/h4-8,11,16H,9-10H2,1-3H3. The summed E-state index contributed by atoms with van der Waals surface area (Å²) >= 11 is 1.27. The molecule has 2 rings (SSSR count). The molecule has 0 amide bonds. The van der Waals surface area contributed by atoms with Crippen LogP contribution >= 0.6 is 11.3 Å². The molecule has 0 atom stereocenters. The highest BCUT2D eigenvalue weighted by molar-refractivity contribution is 7.91. The molecule has 114 valence electrons. The molecule has 1 N–H and O–H groups in total. The predicted octanol–water partition coefficient (Wildman–Crippen LogP) is 2.60. The third-order valence-corrected chi connectivity index (χ3v) is 6.47. The Morgan fingerprint density at radius 3 is 2.48 bits per heavy atom. The molecule has 0 fully saturated rings. The van der Waals surface area contributed by atoms with Gasteiger partial charge in [-0.2, -0.15) is 4.31 Å². The molecule has 1 aromatic heterocycles. The first kappa shape index (κ1) is 16.2. The number of nitrogens with one attached hydrogen (secondary N) is 1. The third-order valence-electron chi connectivity index (χ3n) is 3.20. The first-order valence-corrected chi connectivity index (χ1v) is 8.99. The lowest BCUT2D eigenvalue weighted by atomic mass is 10.1. The summed E-state index contributed by atoms with van der Waals surface area (Å²) in [5.74, 6) is 0. The van der Waals surface area contributed by atoms with Crippen LogP contribution in [0.3, 0.4) is 0 Å². The maximum Gasteiger partial charge on any atom is 0.252 e. The van der Waals surface area contributed by atoms with Crippen LogP contribution in [0.15, 0.2) is 39.9 Å². The van der Waals surface area contributed by atoms with Crippen LogP contribution in [0, 0.1) is 6.92 Å². The van der Waals surface area contributed by atoms with E-state index in [4.69, 9.17) is 0 Å². The highest BCUT2D eigenvalue weighted by Gasteiger charge is 2.22. The van der Waals surface area contributed by atoms with Gasteiger partial charge in [0.05, 0.1) is 0 Å². The number of benzene rings is 1. The second-order valence-corrected chi connectivity index (χ2v) is 8.23. The van der Waals surface area contributed by atoms with Crippen molar-refractivity contribution < 1.29 is 8.42 Å². The molecular weight excluding hydrogens is 304 g/mol. The Morgan fingerprint density at radius 1 is 1.19 bits per heavy atom. The minimum Gasteiger partial charge on any atom is -0.316 e. The molecule has 0 unspecified atom stereocenters. The molecule has 2 aromatic rings. The van der Waals surface area contributed by atoms with Gasteiger partial charge in [0.1, 0.15) is 4.21 Å². The van der Waals surface area contributed by atoms with Crippen molar-refractivity contribution in [3.63, 3.8) is 0 Å². The minimum absolute atomic E-state index is 0.377. The zero-order chi connectivity index (χ0) is 15.5. The summed E-state index contributed by atoms with van der Waals surface area (Å²) in [6.45, 7) is 3.06. The summed E-state index contributed by atoms with van der Waals surface area (Å²) in [6, 6.07) is 9.64. The molecule has 0 aliphatic carbocycles. The Hall–Kier alpha value is -1.21. The van der Waals surface area contributed by atoms with E-state index in [2.05, 4.69) is 5.32 Å². The normalized spacial score (nSPS) is 12.0. The second-order valence-electron chi connectivity index (χ2n) is 5.05. The van der Waals surface area contributed by atoms with Crippen LogP contribution in [-0.4, -0.2) is 26.8 Å². The van der Waals surface area contributed by atoms with Gasteiger partial charge in [-0.15, -0.1) is 11.3 Å². The molecule has 6 heteroatoms. The van der Waals surface area contributed by atoms with Crippen LogP contribution < -0.4 is 5.32 Å². The van der Waals surface area contributed by atoms with Crippen LogP contribution in [0.4, 0.5) is 0 Å². The van der Waals surface area contributed by atoms with Gasteiger partial charge >= 0.3 is 0 Å². The summed E-state index contributed by atoms with van der Waals surface area (Å²) < 4.78 is 26.9. The van der Waals surface area contributed by atoms with Gasteiger partial charge in [-0.1, -0.05) is 29.8 Å². The Labute approximate surface area is 130 Å². The maximum absolute atomic E-state index is 12.5. The molecule has 21 heavy (non-hydrogen) atoms. The van der Waals surface area contributed by atoms with E-state index in [1.54, 1.807) is 13.1 Å². The molecule has 0 saturated carbocycles. The Kier molecular flexibility index (Phi) is 5.16. The number of aryl methyl sites for hydroxylation is 1. The van der Waals surface area contributed by atoms with E-state index in [9.17, 15) is 8.42 Å². The Balaban J connectivity index is 2.15. The summed E-state index contributed by atoms with van der Waals surface area (Å²) in [5.41, 5.74) is 3.14. The van der Waals surface area contributed by atoms with Crippen molar-refractivity contribution in [3.8, 4) is 0 Å². The van der Waals surface area contributed by atoms with Gasteiger partial charge in [-0.25, -0.2) is 8.42 Å². The monoisotopic (exact) mass is 324 g/mol. The SMILES string of the molecule is CNCc1csc(S(=O)(=O)N(C)Cc2ccc(C)cc2)c1. The van der Waals surface area contributed by atoms with Crippen molar-refractivity contribution >= 4 is 21.4 Å². The summed E-state index contributed by atoms with van der Waals surface area (Å²) in [6.07, 6.45) is 0. The van der Waals surface area contributed by atoms with E-state index < -0.39 is 10.0 Å². The van der Waals surface area contributed by atoms with Crippen molar-refractivity contribution in [1.29, 1.82) is 0 Å².